The number of alkyl halides is 3. The zero-order chi connectivity index (χ0) is 15.3. The summed E-state index contributed by atoms with van der Waals surface area (Å²) in [6, 6.07) is 6.64. The standard InChI is InChI=1S/C14H15F3O3/c1-3-20-13(19)11(12(18)14(15,16)17)8-10-6-4-5-9(2)7-10/h4-7,11H,3,8H2,1-2H3. The Morgan fingerprint density at radius 3 is 2.45 bits per heavy atom. The highest BCUT2D eigenvalue weighted by atomic mass is 19.4. The highest BCUT2D eigenvalue weighted by Gasteiger charge is 2.46. The minimum atomic E-state index is -5.05. The summed E-state index contributed by atoms with van der Waals surface area (Å²) < 4.78 is 42.1. The number of hydrogen-bond donors (Lipinski definition) is 0. The van der Waals surface area contributed by atoms with Crippen LogP contribution in [0.25, 0.3) is 0 Å². The smallest absolute Gasteiger partial charge is 0.450 e. The van der Waals surface area contributed by atoms with Crippen LogP contribution in [0.15, 0.2) is 24.3 Å². The van der Waals surface area contributed by atoms with Crippen LogP contribution in [0.3, 0.4) is 0 Å². The van der Waals surface area contributed by atoms with Gasteiger partial charge in [0.15, 0.2) is 0 Å². The molecule has 1 atom stereocenters. The minimum Gasteiger partial charge on any atom is -0.465 e. The van der Waals surface area contributed by atoms with E-state index in [2.05, 4.69) is 4.74 Å². The molecule has 3 nitrogen and oxygen atoms in total. The van der Waals surface area contributed by atoms with E-state index in [0.29, 0.717) is 5.56 Å². The number of esters is 1. The van der Waals surface area contributed by atoms with Crippen molar-refractivity contribution < 1.29 is 27.5 Å². The van der Waals surface area contributed by atoms with Gasteiger partial charge in [0, 0.05) is 0 Å². The maximum Gasteiger partial charge on any atom is 0.450 e. The Balaban J connectivity index is 2.99. The Bertz CT molecular complexity index is 495. The molecule has 0 saturated heterocycles. The molecule has 0 bridgehead atoms. The van der Waals surface area contributed by atoms with Gasteiger partial charge in [0.1, 0.15) is 5.92 Å². The summed E-state index contributed by atoms with van der Waals surface area (Å²) in [5.74, 6) is -5.06. The lowest BCUT2D eigenvalue weighted by atomic mass is 9.94. The molecule has 0 aliphatic rings. The number of rotatable bonds is 5. The highest BCUT2D eigenvalue weighted by Crippen LogP contribution is 2.24. The van der Waals surface area contributed by atoms with Crippen molar-refractivity contribution in [2.45, 2.75) is 26.4 Å². The lowest BCUT2D eigenvalue weighted by molar-refractivity contribution is -0.180. The van der Waals surface area contributed by atoms with Crippen molar-refractivity contribution in [2.24, 2.45) is 5.92 Å². The molecule has 0 aromatic heterocycles. The van der Waals surface area contributed by atoms with Crippen LogP contribution in [0, 0.1) is 12.8 Å². The van der Waals surface area contributed by atoms with E-state index in [1.54, 1.807) is 31.2 Å². The summed E-state index contributed by atoms with van der Waals surface area (Å²) in [6.07, 6.45) is -5.37. The van der Waals surface area contributed by atoms with E-state index < -0.39 is 23.8 Å². The van der Waals surface area contributed by atoms with Crippen LogP contribution in [0.2, 0.25) is 0 Å². The molecular weight excluding hydrogens is 273 g/mol. The number of carbonyl (C=O) groups excluding carboxylic acids is 2. The van der Waals surface area contributed by atoms with E-state index in [4.69, 9.17) is 0 Å². The first-order valence-electron chi connectivity index (χ1n) is 6.09. The number of ketones is 1. The maximum absolute atomic E-state index is 12.5. The fourth-order valence-corrected chi connectivity index (χ4v) is 1.80. The molecule has 110 valence electrons. The second-order valence-corrected chi connectivity index (χ2v) is 4.36. The number of halogens is 3. The molecule has 6 heteroatoms. The Kier molecular flexibility index (Phi) is 5.30. The number of ether oxygens (including phenoxy) is 1. The first kappa shape index (κ1) is 16.2. The molecule has 0 spiro atoms. The van der Waals surface area contributed by atoms with E-state index in [0.717, 1.165) is 5.56 Å². The van der Waals surface area contributed by atoms with Crippen LogP contribution in [-0.2, 0) is 20.7 Å². The lowest BCUT2D eigenvalue weighted by Crippen LogP contribution is -2.37. The van der Waals surface area contributed by atoms with E-state index in [9.17, 15) is 22.8 Å². The molecule has 0 amide bonds. The molecule has 0 fully saturated rings. The van der Waals surface area contributed by atoms with Crippen molar-refractivity contribution >= 4 is 11.8 Å². The number of hydrogen-bond acceptors (Lipinski definition) is 3. The van der Waals surface area contributed by atoms with E-state index in [1.807, 2.05) is 0 Å². The predicted octanol–water partition coefficient (Wildman–Crippen LogP) is 2.85. The van der Waals surface area contributed by atoms with Gasteiger partial charge in [0.2, 0.25) is 0 Å². The number of benzene rings is 1. The summed E-state index contributed by atoms with van der Waals surface area (Å²) in [5, 5.41) is 0. The van der Waals surface area contributed by atoms with E-state index in [-0.39, 0.29) is 13.0 Å². The van der Waals surface area contributed by atoms with Crippen LogP contribution in [0.1, 0.15) is 18.1 Å². The normalized spacial score (nSPS) is 12.8. The highest BCUT2D eigenvalue weighted by molar-refractivity contribution is 6.02. The second-order valence-electron chi connectivity index (χ2n) is 4.36. The molecule has 1 aromatic carbocycles. The van der Waals surface area contributed by atoms with Gasteiger partial charge in [-0.15, -0.1) is 0 Å². The third-order valence-electron chi connectivity index (χ3n) is 2.69. The van der Waals surface area contributed by atoms with Crippen molar-refractivity contribution in [1.82, 2.24) is 0 Å². The molecule has 0 N–H and O–H groups in total. The molecule has 20 heavy (non-hydrogen) atoms. The van der Waals surface area contributed by atoms with Crippen LogP contribution in [0.5, 0.6) is 0 Å². The average Bonchev–Trinajstić information content (AvgIpc) is 2.34. The molecule has 0 aliphatic carbocycles. The van der Waals surface area contributed by atoms with Crippen molar-refractivity contribution in [2.75, 3.05) is 6.61 Å². The summed E-state index contributed by atoms with van der Waals surface area (Å²) in [5.41, 5.74) is 1.32. The fourth-order valence-electron chi connectivity index (χ4n) is 1.80. The summed E-state index contributed by atoms with van der Waals surface area (Å²) >= 11 is 0. The van der Waals surface area contributed by atoms with Gasteiger partial charge in [-0.2, -0.15) is 13.2 Å². The van der Waals surface area contributed by atoms with Gasteiger partial charge in [0.05, 0.1) is 6.61 Å². The van der Waals surface area contributed by atoms with Crippen molar-refractivity contribution in [3.05, 3.63) is 35.4 Å². The molecule has 0 radical (unpaired) electrons. The maximum atomic E-state index is 12.5. The summed E-state index contributed by atoms with van der Waals surface area (Å²) in [7, 11) is 0. The predicted molar refractivity (Wildman–Crippen MR) is 66.1 cm³/mol. The molecule has 1 aromatic rings. The van der Waals surface area contributed by atoms with Crippen molar-refractivity contribution in [1.29, 1.82) is 0 Å². The van der Waals surface area contributed by atoms with Gasteiger partial charge in [-0.25, -0.2) is 0 Å². The quantitative estimate of drug-likeness (QED) is 0.618. The van der Waals surface area contributed by atoms with Crippen LogP contribution in [0.4, 0.5) is 13.2 Å². The van der Waals surface area contributed by atoms with E-state index >= 15 is 0 Å². The largest absolute Gasteiger partial charge is 0.465 e. The molecule has 1 unspecified atom stereocenters. The van der Waals surface area contributed by atoms with Gasteiger partial charge < -0.3 is 4.74 Å². The van der Waals surface area contributed by atoms with Gasteiger partial charge in [-0.1, -0.05) is 29.8 Å². The monoisotopic (exact) mass is 288 g/mol. The average molecular weight is 288 g/mol. The third kappa shape index (κ3) is 4.36. The van der Waals surface area contributed by atoms with Gasteiger partial charge in [-0.05, 0) is 25.8 Å². The number of carbonyl (C=O) groups is 2. The Hall–Kier alpha value is -1.85. The van der Waals surface area contributed by atoms with Crippen molar-refractivity contribution in [3.63, 3.8) is 0 Å². The topological polar surface area (TPSA) is 43.4 Å². The zero-order valence-electron chi connectivity index (χ0n) is 11.2. The molecule has 0 saturated carbocycles. The zero-order valence-corrected chi connectivity index (χ0v) is 11.2. The molecule has 0 aliphatic heterocycles. The number of Topliss-reactive ketones (excluding diaryl/α,β-unsaturated/α-hetero) is 1. The van der Waals surface area contributed by atoms with Gasteiger partial charge in [0.25, 0.3) is 5.78 Å². The van der Waals surface area contributed by atoms with Crippen LogP contribution < -0.4 is 0 Å². The third-order valence-corrected chi connectivity index (χ3v) is 2.69. The summed E-state index contributed by atoms with van der Waals surface area (Å²) in [6.45, 7) is 3.17. The second kappa shape index (κ2) is 6.54. The van der Waals surface area contributed by atoms with Gasteiger partial charge >= 0.3 is 12.1 Å². The lowest BCUT2D eigenvalue weighted by Gasteiger charge is -2.16. The Morgan fingerprint density at radius 1 is 1.30 bits per heavy atom. The Morgan fingerprint density at radius 2 is 1.95 bits per heavy atom. The van der Waals surface area contributed by atoms with Gasteiger partial charge in [-0.3, -0.25) is 9.59 Å². The molecule has 1 rings (SSSR count). The molecular formula is C14H15F3O3. The fraction of sp³-hybridized carbons (Fsp3) is 0.429. The number of aryl methyl sites for hydroxylation is 1. The van der Waals surface area contributed by atoms with Crippen LogP contribution >= 0.6 is 0 Å². The SMILES string of the molecule is CCOC(=O)C(Cc1cccc(C)c1)C(=O)C(F)(F)F. The molecule has 0 heterocycles. The van der Waals surface area contributed by atoms with E-state index in [1.165, 1.54) is 6.92 Å². The Labute approximate surface area is 114 Å². The first-order valence-corrected chi connectivity index (χ1v) is 6.09. The first-order chi connectivity index (χ1) is 9.25. The minimum absolute atomic E-state index is 0.0751. The van der Waals surface area contributed by atoms with Crippen LogP contribution in [-0.4, -0.2) is 24.5 Å². The van der Waals surface area contributed by atoms with Crippen molar-refractivity contribution in [3.8, 4) is 0 Å². The summed E-state index contributed by atoms with van der Waals surface area (Å²) in [4.78, 5) is 22.9.